The molecule has 5 rings (SSSR count). The number of hydrogen-bond donors (Lipinski definition) is 0. The SMILES string of the molecule is O=C(c1cnn(-c2ccccc2)n1)N1CCc2cnc(N3CCOCC3)nc2C1. The van der Waals surface area contributed by atoms with E-state index in [1.807, 2.05) is 36.5 Å². The Labute approximate surface area is 167 Å². The first-order chi connectivity index (χ1) is 14.3. The number of anilines is 1. The molecule has 0 atom stereocenters. The van der Waals surface area contributed by atoms with Crippen molar-refractivity contribution in [2.24, 2.45) is 0 Å². The van der Waals surface area contributed by atoms with Gasteiger partial charge in [-0.15, -0.1) is 5.10 Å². The summed E-state index contributed by atoms with van der Waals surface area (Å²) in [4.78, 5) is 27.6. The number of nitrogens with zero attached hydrogens (tertiary/aromatic N) is 7. The molecule has 0 bridgehead atoms. The third-order valence-corrected chi connectivity index (χ3v) is 5.21. The molecule has 0 N–H and O–H groups in total. The lowest BCUT2D eigenvalue weighted by atomic mass is 10.1. The minimum absolute atomic E-state index is 0.135. The second kappa shape index (κ2) is 7.59. The summed E-state index contributed by atoms with van der Waals surface area (Å²) in [6, 6.07) is 9.54. The summed E-state index contributed by atoms with van der Waals surface area (Å²) >= 11 is 0. The standard InChI is InChI=1S/C20H21N7O2/c28-19(17-13-22-27(24-17)16-4-2-1-3-5-16)26-7-6-15-12-21-20(23-18(15)14-26)25-8-10-29-11-9-25/h1-5,12-13H,6-11,14H2. The van der Waals surface area contributed by atoms with Crippen molar-refractivity contribution >= 4 is 11.9 Å². The smallest absolute Gasteiger partial charge is 0.276 e. The van der Waals surface area contributed by atoms with Crippen LogP contribution in [0.25, 0.3) is 5.69 Å². The molecule has 2 aliphatic rings. The van der Waals surface area contributed by atoms with Crippen molar-refractivity contribution in [2.45, 2.75) is 13.0 Å². The van der Waals surface area contributed by atoms with Crippen molar-refractivity contribution < 1.29 is 9.53 Å². The summed E-state index contributed by atoms with van der Waals surface area (Å²) in [5.41, 5.74) is 3.15. The van der Waals surface area contributed by atoms with Crippen molar-refractivity contribution in [1.82, 2.24) is 29.9 Å². The number of morpholine rings is 1. The lowest BCUT2D eigenvalue weighted by Gasteiger charge is -2.30. The molecular formula is C20H21N7O2. The minimum Gasteiger partial charge on any atom is -0.378 e. The van der Waals surface area contributed by atoms with E-state index in [0.717, 1.165) is 36.5 Å². The van der Waals surface area contributed by atoms with Crippen LogP contribution < -0.4 is 4.90 Å². The van der Waals surface area contributed by atoms with Gasteiger partial charge in [0.25, 0.3) is 5.91 Å². The fourth-order valence-electron chi connectivity index (χ4n) is 3.59. The van der Waals surface area contributed by atoms with Crippen molar-refractivity contribution in [3.05, 3.63) is 59.7 Å². The van der Waals surface area contributed by atoms with Crippen LogP contribution in [0.3, 0.4) is 0 Å². The summed E-state index contributed by atoms with van der Waals surface area (Å²) in [5.74, 6) is 0.570. The van der Waals surface area contributed by atoms with E-state index >= 15 is 0 Å². The molecule has 0 radical (unpaired) electrons. The molecule has 3 aromatic rings. The number of carbonyl (C=O) groups excluding carboxylic acids is 1. The number of aromatic nitrogens is 5. The third-order valence-electron chi connectivity index (χ3n) is 5.21. The predicted molar refractivity (Wildman–Crippen MR) is 105 cm³/mol. The highest BCUT2D eigenvalue weighted by Gasteiger charge is 2.26. The van der Waals surface area contributed by atoms with Crippen LogP contribution in [0.4, 0.5) is 5.95 Å². The van der Waals surface area contributed by atoms with Crippen LogP contribution in [0.1, 0.15) is 21.7 Å². The zero-order valence-corrected chi connectivity index (χ0v) is 15.9. The largest absolute Gasteiger partial charge is 0.378 e. The number of rotatable bonds is 3. The van der Waals surface area contributed by atoms with Gasteiger partial charge in [0.05, 0.1) is 37.3 Å². The Morgan fingerprint density at radius 1 is 1.03 bits per heavy atom. The summed E-state index contributed by atoms with van der Waals surface area (Å²) in [5, 5.41) is 8.60. The van der Waals surface area contributed by atoms with E-state index in [1.54, 1.807) is 4.90 Å². The van der Waals surface area contributed by atoms with Gasteiger partial charge in [-0.1, -0.05) is 18.2 Å². The monoisotopic (exact) mass is 391 g/mol. The van der Waals surface area contributed by atoms with Crippen molar-refractivity contribution in [3.63, 3.8) is 0 Å². The lowest BCUT2D eigenvalue weighted by molar-refractivity contribution is 0.0725. The molecule has 0 spiro atoms. The summed E-state index contributed by atoms with van der Waals surface area (Å²) in [6.45, 7) is 3.99. The zero-order valence-electron chi connectivity index (χ0n) is 15.9. The Kier molecular flexibility index (Phi) is 4.65. The number of para-hydroxylation sites is 1. The van der Waals surface area contributed by atoms with Gasteiger partial charge in [0, 0.05) is 25.8 Å². The van der Waals surface area contributed by atoms with Gasteiger partial charge in [-0.05, 0) is 24.1 Å². The fraction of sp³-hybridized carbons (Fsp3) is 0.350. The van der Waals surface area contributed by atoms with Crippen molar-refractivity contribution in [2.75, 3.05) is 37.7 Å². The molecule has 1 fully saturated rings. The molecular weight excluding hydrogens is 370 g/mol. The maximum Gasteiger partial charge on any atom is 0.276 e. The zero-order chi connectivity index (χ0) is 19.6. The van der Waals surface area contributed by atoms with Crippen LogP contribution in [-0.2, 0) is 17.7 Å². The molecule has 0 unspecified atom stereocenters. The quantitative estimate of drug-likeness (QED) is 0.660. The molecule has 0 saturated carbocycles. The first-order valence-electron chi connectivity index (χ1n) is 9.72. The Bertz CT molecular complexity index is 1010. The van der Waals surface area contributed by atoms with E-state index in [4.69, 9.17) is 9.72 Å². The first kappa shape index (κ1) is 17.7. The predicted octanol–water partition coefficient (Wildman–Crippen LogP) is 1.09. The van der Waals surface area contributed by atoms with Crippen molar-refractivity contribution in [3.8, 4) is 5.69 Å². The topological polar surface area (TPSA) is 89.3 Å². The summed E-state index contributed by atoms with van der Waals surface area (Å²) in [6.07, 6.45) is 4.14. The molecule has 1 amide bonds. The molecule has 0 aliphatic carbocycles. The molecule has 29 heavy (non-hydrogen) atoms. The van der Waals surface area contributed by atoms with E-state index in [-0.39, 0.29) is 5.91 Å². The average Bonchev–Trinajstić information content (AvgIpc) is 3.29. The van der Waals surface area contributed by atoms with E-state index < -0.39 is 0 Å². The molecule has 2 aromatic heterocycles. The van der Waals surface area contributed by atoms with E-state index in [9.17, 15) is 4.79 Å². The number of fused-ring (bicyclic) bond motifs is 1. The van der Waals surface area contributed by atoms with Gasteiger partial charge in [0.15, 0.2) is 5.69 Å². The van der Waals surface area contributed by atoms with Crippen LogP contribution in [-0.4, -0.2) is 68.6 Å². The normalized spacial score (nSPS) is 16.6. The number of carbonyl (C=O) groups is 1. The molecule has 9 heteroatoms. The van der Waals surface area contributed by atoms with Gasteiger partial charge in [-0.25, -0.2) is 9.97 Å². The third kappa shape index (κ3) is 3.56. The Balaban J connectivity index is 1.33. The van der Waals surface area contributed by atoms with E-state index in [2.05, 4.69) is 20.1 Å². The van der Waals surface area contributed by atoms with Gasteiger partial charge in [0.2, 0.25) is 5.95 Å². The Hall–Kier alpha value is -3.33. The number of hydrogen-bond acceptors (Lipinski definition) is 7. The summed E-state index contributed by atoms with van der Waals surface area (Å²) < 4.78 is 5.40. The molecule has 4 heterocycles. The summed E-state index contributed by atoms with van der Waals surface area (Å²) in [7, 11) is 0. The first-order valence-corrected chi connectivity index (χ1v) is 9.72. The van der Waals surface area contributed by atoms with Crippen LogP contribution in [0, 0.1) is 0 Å². The molecule has 1 aromatic carbocycles. The van der Waals surface area contributed by atoms with E-state index in [0.29, 0.717) is 37.9 Å². The maximum absolute atomic E-state index is 13.0. The molecule has 1 saturated heterocycles. The minimum atomic E-state index is -0.135. The fourth-order valence-corrected chi connectivity index (χ4v) is 3.59. The lowest BCUT2D eigenvalue weighted by Crippen LogP contribution is -2.39. The van der Waals surface area contributed by atoms with Crippen LogP contribution in [0.5, 0.6) is 0 Å². The van der Waals surface area contributed by atoms with Gasteiger partial charge < -0.3 is 14.5 Å². The maximum atomic E-state index is 13.0. The average molecular weight is 391 g/mol. The van der Waals surface area contributed by atoms with E-state index in [1.165, 1.54) is 11.0 Å². The van der Waals surface area contributed by atoms with Crippen LogP contribution in [0.15, 0.2) is 42.7 Å². The molecule has 2 aliphatic heterocycles. The number of amides is 1. The Morgan fingerprint density at radius 3 is 2.69 bits per heavy atom. The van der Waals surface area contributed by atoms with Gasteiger partial charge >= 0.3 is 0 Å². The highest BCUT2D eigenvalue weighted by molar-refractivity contribution is 5.92. The van der Waals surface area contributed by atoms with Gasteiger partial charge in [-0.2, -0.15) is 9.90 Å². The number of ether oxygens (including phenoxy) is 1. The Morgan fingerprint density at radius 2 is 1.86 bits per heavy atom. The highest BCUT2D eigenvalue weighted by atomic mass is 16.5. The van der Waals surface area contributed by atoms with Crippen LogP contribution >= 0.6 is 0 Å². The van der Waals surface area contributed by atoms with Crippen molar-refractivity contribution in [1.29, 1.82) is 0 Å². The van der Waals surface area contributed by atoms with Crippen LogP contribution in [0.2, 0.25) is 0 Å². The highest BCUT2D eigenvalue weighted by Crippen LogP contribution is 2.21. The number of benzene rings is 1. The van der Waals surface area contributed by atoms with Gasteiger partial charge in [0.1, 0.15) is 0 Å². The second-order valence-electron chi connectivity index (χ2n) is 7.07. The molecule has 9 nitrogen and oxygen atoms in total. The van der Waals surface area contributed by atoms with Gasteiger partial charge in [-0.3, -0.25) is 4.79 Å². The second-order valence-corrected chi connectivity index (χ2v) is 7.07. The molecule has 148 valence electrons.